The van der Waals surface area contributed by atoms with E-state index in [0.29, 0.717) is 37.2 Å². The molecule has 0 bridgehead atoms. The van der Waals surface area contributed by atoms with Gasteiger partial charge in [-0.2, -0.15) is 0 Å². The Bertz CT molecular complexity index is 855. The Morgan fingerprint density at radius 2 is 1.89 bits per heavy atom. The molecule has 0 aliphatic carbocycles. The van der Waals surface area contributed by atoms with E-state index >= 15 is 0 Å². The van der Waals surface area contributed by atoms with Crippen LogP contribution in [-0.2, 0) is 0 Å². The van der Waals surface area contributed by atoms with Gasteiger partial charge in [0.05, 0.1) is 4.88 Å². The molecule has 0 saturated carbocycles. The zero-order valence-electron chi connectivity index (χ0n) is 14.5. The van der Waals surface area contributed by atoms with E-state index < -0.39 is 0 Å². The van der Waals surface area contributed by atoms with Crippen LogP contribution in [0.1, 0.15) is 22.0 Å². The van der Waals surface area contributed by atoms with Gasteiger partial charge in [0.15, 0.2) is 0 Å². The van der Waals surface area contributed by atoms with Gasteiger partial charge in [-0.25, -0.2) is 4.98 Å². The summed E-state index contributed by atoms with van der Waals surface area (Å²) in [5, 5.41) is 4.80. The summed E-state index contributed by atoms with van der Waals surface area (Å²) in [4.78, 5) is 20.5. The average Bonchev–Trinajstić information content (AvgIpc) is 3.41. The standard InChI is InChI=1S/C19H19N3OS2.2ClH/c20-9-14-10-22(11-15(14)13-5-2-1-3-6-13)19(23)16-12-25-18(21-16)17-7-4-8-24-17;;/h1-8,12,14-15H,9-11,20H2;2*1H/t14-,15+;;/m1../s1. The molecule has 144 valence electrons. The molecule has 2 atom stereocenters. The summed E-state index contributed by atoms with van der Waals surface area (Å²) in [6.07, 6.45) is 0. The van der Waals surface area contributed by atoms with E-state index in [4.69, 9.17) is 5.73 Å². The minimum Gasteiger partial charge on any atom is -0.336 e. The predicted molar refractivity (Wildman–Crippen MR) is 118 cm³/mol. The van der Waals surface area contributed by atoms with Crippen LogP contribution in [0.2, 0.25) is 0 Å². The molecule has 3 heterocycles. The number of carbonyl (C=O) groups is 1. The number of nitrogens with two attached hydrogens (primary N) is 1. The molecule has 1 aromatic carbocycles. The van der Waals surface area contributed by atoms with Crippen LogP contribution in [0, 0.1) is 5.92 Å². The fourth-order valence-corrected chi connectivity index (χ4v) is 5.01. The topological polar surface area (TPSA) is 59.2 Å². The summed E-state index contributed by atoms with van der Waals surface area (Å²) in [5.41, 5.74) is 7.78. The number of aromatic nitrogens is 1. The molecule has 1 aliphatic rings. The Labute approximate surface area is 179 Å². The largest absolute Gasteiger partial charge is 0.336 e. The second kappa shape index (κ2) is 9.66. The second-order valence-corrected chi connectivity index (χ2v) is 8.04. The Balaban J connectivity index is 0.00000131. The normalized spacial score (nSPS) is 18.6. The maximum atomic E-state index is 12.9. The summed E-state index contributed by atoms with van der Waals surface area (Å²) in [6, 6.07) is 14.4. The first kappa shape index (κ1) is 21.9. The molecule has 0 spiro atoms. The van der Waals surface area contributed by atoms with Gasteiger partial charge in [-0.1, -0.05) is 36.4 Å². The summed E-state index contributed by atoms with van der Waals surface area (Å²) in [5.74, 6) is 0.600. The zero-order valence-corrected chi connectivity index (χ0v) is 17.8. The van der Waals surface area contributed by atoms with E-state index in [2.05, 4.69) is 17.1 Å². The number of likely N-dealkylation sites (tertiary alicyclic amines) is 1. The third kappa shape index (κ3) is 4.52. The van der Waals surface area contributed by atoms with Gasteiger partial charge >= 0.3 is 0 Å². The van der Waals surface area contributed by atoms with Crippen molar-refractivity contribution >= 4 is 53.4 Å². The number of nitrogens with zero attached hydrogens (tertiary/aromatic N) is 2. The highest BCUT2D eigenvalue weighted by molar-refractivity contribution is 7.20. The lowest BCUT2D eigenvalue weighted by Gasteiger charge is -2.16. The monoisotopic (exact) mass is 441 g/mol. The Kier molecular flexibility index (Phi) is 7.82. The van der Waals surface area contributed by atoms with Gasteiger partial charge in [-0.3, -0.25) is 4.79 Å². The van der Waals surface area contributed by atoms with Crippen LogP contribution >= 0.6 is 47.5 Å². The van der Waals surface area contributed by atoms with Crippen LogP contribution in [0.4, 0.5) is 0 Å². The number of rotatable bonds is 4. The molecule has 27 heavy (non-hydrogen) atoms. The van der Waals surface area contributed by atoms with Crippen LogP contribution in [-0.4, -0.2) is 35.4 Å². The highest BCUT2D eigenvalue weighted by Gasteiger charge is 2.36. The first-order valence-corrected chi connectivity index (χ1v) is 10.1. The first-order valence-electron chi connectivity index (χ1n) is 8.30. The third-order valence-corrected chi connectivity index (χ3v) is 6.60. The van der Waals surface area contributed by atoms with Crippen molar-refractivity contribution in [3.8, 4) is 9.88 Å². The van der Waals surface area contributed by atoms with Gasteiger partial charge in [-0.15, -0.1) is 47.5 Å². The molecule has 0 radical (unpaired) electrons. The van der Waals surface area contributed by atoms with Crippen molar-refractivity contribution in [1.82, 2.24) is 9.88 Å². The number of hydrogen-bond donors (Lipinski definition) is 1. The zero-order chi connectivity index (χ0) is 17.2. The van der Waals surface area contributed by atoms with Crippen LogP contribution in [0.25, 0.3) is 9.88 Å². The van der Waals surface area contributed by atoms with Crippen molar-refractivity contribution in [2.75, 3.05) is 19.6 Å². The number of thiazole rings is 1. The lowest BCUT2D eigenvalue weighted by atomic mass is 9.89. The highest BCUT2D eigenvalue weighted by atomic mass is 35.5. The van der Waals surface area contributed by atoms with E-state index in [0.717, 1.165) is 9.88 Å². The minimum atomic E-state index is 0. The van der Waals surface area contributed by atoms with Crippen LogP contribution < -0.4 is 5.73 Å². The van der Waals surface area contributed by atoms with Crippen LogP contribution in [0.3, 0.4) is 0 Å². The average molecular weight is 442 g/mol. The number of amides is 1. The summed E-state index contributed by atoms with van der Waals surface area (Å²) < 4.78 is 0. The van der Waals surface area contributed by atoms with Crippen molar-refractivity contribution in [2.45, 2.75) is 5.92 Å². The van der Waals surface area contributed by atoms with Crippen LogP contribution in [0.5, 0.6) is 0 Å². The van der Waals surface area contributed by atoms with E-state index in [1.807, 2.05) is 46.0 Å². The van der Waals surface area contributed by atoms with Gasteiger partial charge in [0.2, 0.25) is 0 Å². The molecule has 1 amide bonds. The van der Waals surface area contributed by atoms with Gasteiger partial charge < -0.3 is 10.6 Å². The SMILES string of the molecule is Cl.Cl.NC[C@@H]1CN(C(=O)c2csc(-c3cccs3)n2)C[C@H]1c1ccccc1. The first-order chi connectivity index (χ1) is 12.3. The van der Waals surface area contributed by atoms with Crippen molar-refractivity contribution in [1.29, 1.82) is 0 Å². The molecular weight excluding hydrogens is 421 g/mol. The molecule has 2 N–H and O–H groups in total. The van der Waals surface area contributed by atoms with Gasteiger partial charge in [0.25, 0.3) is 5.91 Å². The number of hydrogen-bond acceptors (Lipinski definition) is 5. The van der Waals surface area contributed by atoms with Gasteiger partial charge in [0, 0.05) is 24.4 Å². The second-order valence-electron chi connectivity index (χ2n) is 6.24. The lowest BCUT2D eigenvalue weighted by molar-refractivity contribution is 0.0781. The predicted octanol–water partition coefficient (Wildman–Crippen LogP) is 4.53. The maximum Gasteiger partial charge on any atom is 0.273 e. The molecule has 0 unspecified atom stereocenters. The third-order valence-electron chi connectivity index (χ3n) is 4.71. The number of benzene rings is 1. The van der Waals surface area contributed by atoms with Crippen molar-refractivity contribution in [3.63, 3.8) is 0 Å². The quantitative estimate of drug-likeness (QED) is 0.646. The number of thiophene rings is 1. The Hall–Kier alpha value is -1.44. The number of carbonyl (C=O) groups excluding carboxylic acids is 1. The number of halogens is 2. The molecule has 4 nitrogen and oxygen atoms in total. The van der Waals surface area contributed by atoms with Crippen molar-refractivity contribution in [2.24, 2.45) is 11.7 Å². The molecule has 1 fully saturated rings. The van der Waals surface area contributed by atoms with Gasteiger partial charge in [-0.05, 0) is 29.5 Å². The van der Waals surface area contributed by atoms with E-state index in [1.165, 1.54) is 16.9 Å². The Morgan fingerprint density at radius 3 is 2.56 bits per heavy atom. The fourth-order valence-electron chi connectivity index (χ4n) is 3.40. The molecule has 4 rings (SSSR count). The van der Waals surface area contributed by atoms with Gasteiger partial charge in [0.1, 0.15) is 10.7 Å². The molecule has 1 aliphatic heterocycles. The summed E-state index contributed by atoms with van der Waals surface area (Å²) >= 11 is 3.17. The molecule has 1 saturated heterocycles. The van der Waals surface area contributed by atoms with E-state index in [1.54, 1.807) is 11.3 Å². The van der Waals surface area contributed by atoms with Crippen molar-refractivity contribution < 1.29 is 4.79 Å². The molecular formula is C19H21Cl2N3OS2. The lowest BCUT2D eigenvalue weighted by Crippen LogP contribution is -2.30. The highest BCUT2D eigenvalue weighted by Crippen LogP contribution is 2.34. The molecule has 8 heteroatoms. The Morgan fingerprint density at radius 1 is 1.11 bits per heavy atom. The minimum absolute atomic E-state index is 0. The van der Waals surface area contributed by atoms with Crippen molar-refractivity contribution in [3.05, 3.63) is 64.5 Å². The van der Waals surface area contributed by atoms with Crippen LogP contribution in [0.15, 0.2) is 53.2 Å². The maximum absolute atomic E-state index is 12.9. The van der Waals surface area contributed by atoms with E-state index in [-0.39, 0.29) is 30.7 Å². The van der Waals surface area contributed by atoms with E-state index in [9.17, 15) is 4.79 Å². The molecule has 2 aromatic heterocycles. The summed E-state index contributed by atoms with van der Waals surface area (Å²) in [7, 11) is 0. The fraction of sp³-hybridized carbons (Fsp3) is 0.263. The summed E-state index contributed by atoms with van der Waals surface area (Å²) in [6.45, 7) is 1.98. The molecule has 3 aromatic rings. The smallest absolute Gasteiger partial charge is 0.273 e.